The van der Waals surface area contributed by atoms with Crippen LogP contribution in [0.25, 0.3) is 0 Å². The molecule has 0 aromatic rings. The van der Waals surface area contributed by atoms with Crippen molar-refractivity contribution in [2.45, 2.75) is 25.3 Å². The van der Waals surface area contributed by atoms with Gasteiger partial charge in [0.05, 0.1) is 17.6 Å². The molecular weight excluding hydrogens is 240 g/mol. The Labute approximate surface area is 106 Å². The summed E-state index contributed by atoms with van der Waals surface area (Å²) < 4.78 is 10.5. The molecule has 2 saturated heterocycles. The van der Waals surface area contributed by atoms with Crippen LogP contribution >= 0.6 is 12.2 Å². The third-order valence-corrected chi connectivity index (χ3v) is 3.91. The van der Waals surface area contributed by atoms with Gasteiger partial charge in [-0.2, -0.15) is 0 Å². The van der Waals surface area contributed by atoms with Crippen molar-refractivity contribution in [1.82, 2.24) is 5.32 Å². The largest absolute Gasteiger partial charge is 0.392 e. The highest BCUT2D eigenvalue weighted by molar-refractivity contribution is 7.80. The Morgan fingerprint density at radius 3 is 2.53 bits per heavy atom. The maximum Gasteiger partial charge on any atom is 0.233 e. The van der Waals surface area contributed by atoms with Crippen LogP contribution in [0.5, 0.6) is 0 Å². The van der Waals surface area contributed by atoms with Crippen LogP contribution in [0.3, 0.4) is 0 Å². The second-order valence-electron chi connectivity index (χ2n) is 4.59. The molecule has 0 bridgehead atoms. The minimum atomic E-state index is -0.726. The summed E-state index contributed by atoms with van der Waals surface area (Å²) in [4.78, 5) is 12.6. The minimum absolute atomic E-state index is 0.0659. The Bertz CT molecular complexity index is 310. The summed E-state index contributed by atoms with van der Waals surface area (Å²) in [6.45, 7) is 2.35. The predicted octanol–water partition coefficient (Wildman–Crippen LogP) is -0.0256. The Balaban J connectivity index is 2.04. The second-order valence-corrected chi connectivity index (χ2v) is 5.03. The van der Waals surface area contributed by atoms with E-state index in [1.807, 2.05) is 0 Å². The van der Waals surface area contributed by atoms with Crippen LogP contribution in [0.1, 0.15) is 19.3 Å². The van der Waals surface area contributed by atoms with E-state index in [2.05, 4.69) is 5.32 Å². The molecule has 2 rings (SSSR count). The molecule has 5 nitrogen and oxygen atoms in total. The zero-order chi connectivity index (χ0) is 12.3. The van der Waals surface area contributed by atoms with Gasteiger partial charge in [0.2, 0.25) is 5.91 Å². The molecule has 2 aliphatic heterocycles. The summed E-state index contributed by atoms with van der Waals surface area (Å²) in [7, 11) is 0. The third-order valence-electron chi connectivity index (χ3n) is 3.52. The quantitative estimate of drug-likeness (QED) is 0.696. The van der Waals surface area contributed by atoms with Gasteiger partial charge in [-0.1, -0.05) is 12.2 Å². The van der Waals surface area contributed by atoms with Gasteiger partial charge >= 0.3 is 0 Å². The lowest BCUT2D eigenvalue weighted by Crippen LogP contribution is -2.54. The maximum absolute atomic E-state index is 12.3. The van der Waals surface area contributed by atoms with Crippen molar-refractivity contribution >= 4 is 23.1 Å². The maximum atomic E-state index is 12.3. The van der Waals surface area contributed by atoms with Crippen molar-refractivity contribution in [3.05, 3.63) is 0 Å². The zero-order valence-corrected chi connectivity index (χ0v) is 10.6. The molecule has 0 aromatic carbocycles. The van der Waals surface area contributed by atoms with E-state index in [0.717, 1.165) is 6.42 Å². The molecule has 1 atom stereocenters. The van der Waals surface area contributed by atoms with Gasteiger partial charge < -0.3 is 20.5 Å². The minimum Gasteiger partial charge on any atom is -0.392 e. The number of ether oxygens (including phenoxy) is 2. The van der Waals surface area contributed by atoms with Gasteiger partial charge in [0.15, 0.2) is 0 Å². The molecule has 2 fully saturated rings. The van der Waals surface area contributed by atoms with Crippen molar-refractivity contribution in [2.24, 2.45) is 11.1 Å². The number of hydrogen-bond acceptors (Lipinski definition) is 4. The van der Waals surface area contributed by atoms with E-state index in [0.29, 0.717) is 39.3 Å². The molecule has 0 saturated carbocycles. The number of carbonyl (C=O) groups is 1. The van der Waals surface area contributed by atoms with E-state index in [-0.39, 0.29) is 16.9 Å². The summed E-state index contributed by atoms with van der Waals surface area (Å²) in [5, 5.41) is 2.98. The van der Waals surface area contributed by atoms with Crippen molar-refractivity contribution in [3.8, 4) is 0 Å². The topological polar surface area (TPSA) is 73.6 Å². The molecule has 17 heavy (non-hydrogen) atoms. The van der Waals surface area contributed by atoms with Crippen LogP contribution in [0.15, 0.2) is 0 Å². The highest BCUT2D eigenvalue weighted by Crippen LogP contribution is 2.31. The Morgan fingerprint density at radius 2 is 2.00 bits per heavy atom. The first-order chi connectivity index (χ1) is 8.15. The normalized spacial score (nSPS) is 27.6. The van der Waals surface area contributed by atoms with E-state index in [4.69, 9.17) is 27.4 Å². The lowest BCUT2D eigenvalue weighted by Gasteiger charge is -2.35. The SMILES string of the molecule is NC(=S)C1(C(=O)NC2CCOC2)CCOCC1. The highest BCUT2D eigenvalue weighted by Gasteiger charge is 2.43. The predicted molar refractivity (Wildman–Crippen MR) is 66.6 cm³/mol. The van der Waals surface area contributed by atoms with Gasteiger partial charge in [-0.05, 0) is 19.3 Å². The van der Waals surface area contributed by atoms with Crippen molar-refractivity contribution in [2.75, 3.05) is 26.4 Å². The number of hydrogen-bond donors (Lipinski definition) is 2. The number of carbonyl (C=O) groups excluding carboxylic acids is 1. The van der Waals surface area contributed by atoms with E-state index in [1.54, 1.807) is 0 Å². The molecule has 0 aromatic heterocycles. The van der Waals surface area contributed by atoms with Crippen molar-refractivity contribution < 1.29 is 14.3 Å². The van der Waals surface area contributed by atoms with E-state index in [1.165, 1.54) is 0 Å². The number of rotatable bonds is 3. The van der Waals surface area contributed by atoms with Gasteiger partial charge in [-0.15, -0.1) is 0 Å². The molecule has 1 amide bonds. The van der Waals surface area contributed by atoms with Crippen LogP contribution in [-0.4, -0.2) is 43.4 Å². The smallest absolute Gasteiger partial charge is 0.233 e. The van der Waals surface area contributed by atoms with E-state index in [9.17, 15) is 4.79 Å². The number of thiocarbonyl (C=S) groups is 1. The van der Waals surface area contributed by atoms with Crippen LogP contribution in [0, 0.1) is 5.41 Å². The molecule has 2 aliphatic rings. The molecule has 1 unspecified atom stereocenters. The Hall–Kier alpha value is -0.720. The summed E-state index contributed by atoms with van der Waals surface area (Å²) in [5.41, 5.74) is 5.04. The van der Waals surface area contributed by atoms with E-state index >= 15 is 0 Å². The molecule has 96 valence electrons. The fourth-order valence-electron chi connectivity index (χ4n) is 2.28. The summed E-state index contributed by atoms with van der Waals surface area (Å²) in [6, 6.07) is 0.0940. The van der Waals surface area contributed by atoms with Gasteiger partial charge in [0.25, 0.3) is 0 Å². The Kier molecular flexibility index (Phi) is 3.96. The fraction of sp³-hybridized carbons (Fsp3) is 0.818. The van der Waals surface area contributed by atoms with E-state index < -0.39 is 5.41 Å². The second kappa shape index (κ2) is 5.29. The molecule has 6 heteroatoms. The third kappa shape index (κ3) is 2.59. The first-order valence-electron chi connectivity index (χ1n) is 5.91. The van der Waals surface area contributed by atoms with Gasteiger partial charge in [-0.25, -0.2) is 0 Å². The average molecular weight is 258 g/mol. The number of amides is 1. The highest BCUT2D eigenvalue weighted by atomic mass is 32.1. The zero-order valence-electron chi connectivity index (χ0n) is 9.74. The fourth-order valence-corrected chi connectivity index (χ4v) is 2.57. The molecular formula is C11H18N2O3S. The lowest BCUT2D eigenvalue weighted by molar-refractivity contribution is -0.132. The van der Waals surface area contributed by atoms with Gasteiger partial charge in [0.1, 0.15) is 5.41 Å². The lowest BCUT2D eigenvalue weighted by atomic mass is 9.79. The van der Waals surface area contributed by atoms with Gasteiger partial charge in [-0.3, -0.25) is 4.79 Å². The first-order valence-corrected chi connectivity index (χ1v) is 6.32. The van der Waals surface area contributed by atoms with Crippen molar-refractivity contribution in [1.29, 1.82) is 0 Å². The first kappa shape index (κ1) is 12.7. The number of nitrogens with one attached hydrogen (secondary N) is 1. The van der Waals surface area contributed by atoms with Crippen LogP contribution in [0.2, 0.25) is 0 Å². The molecule has 3 N–H and O–H groups in total. The molecule has 0 radical (unpaired) electrons. The molecule has 0 aliphatic carbocycles. The standard InChI is InChI=1S/C11H18N2O3S/c12-9(17)11(2-5-15-6-3-11)10(14)13-8-1-4-16-7-8/h8H,1-7H2,(H2,12,17)(H,13,14). The Morgan fingerprint density at radius 1 is 1.29 bits per heavy atom. The monoisotopic (exact) mass is 258 g/mol. The molecule has 2 heterocycles. The van der Waals surface area contributed by atoms with Crippen LogP contribution in [0.4, 0.5) is 0 Å². The summed E-state index contributed by atoms with van der Waals surface area (Å²) in [5.74, 6) is -0.0659. The average Bonchev–Trinajstić information content (AvgIpc) is 2.82. The van der Waals surface area contributed by atoms with Crippen LogP contribution < -0.4 is 11.1 Å². The van der Waals surface area contributed by atoms with Gasteiger partial charge in [0, 0.05) is 19.8 Å². The van der Waals surface area contributed by atoms with Crippen molar-refractivity contribution in [3.63, 3.8) is 0 Å². The number of nitrogens with two attached hydrogens (primary N) is 1. The van der Waals surface area contributed by atoms with Crippen LogP contribution in [-0.2, 0) is 14.3 Å². The summed E-state index contributed by atoms with van der Waals surface area (Å²) >= 11 is 5.07. The summed E-state index contributed by atoms with van der Waals surface area (Å²) in [6.07, 6.45) is 2.00. The molecule has 0 spiro atoms.